The van der Waals surface area contributed by atoms with Crippen LogP contribution in [0.3, 0.4) is 0 Å². The third-order valence-corrected chi connectivity index (χ3v) is 4.61. The molecule has 2 aromatic carbocycles. The first kappa shape index (κ1) is 17.0. The van der Waals surface area contributed by atoms with Crippen LogP contribution in [-0.4, -0.2) is 20.7 Å². The predicted octanol–water partition coefficient (Wildman–Crippen LogP) is 3.56. The van der Waals surface area contributed by atoms with Crippen LogP contribution in [0.25, 0.3) is 0 Å². The van der Waals surface area contributed by atoms with Gasteiger partial charge in [0.2, 0.25) is 0 Å². The standard InChI is InChI=1S/C17H20N2O3S/c1-4-22-18-14(3)15-7-9-16(10-8-15)19-23(20,21)17-11-5-13(2)6-12-17/h5-12,19H,4H2,1-3H3/b18-14+. The lowest BCUT2D eigenvalue weighted by molar-refractivity contribution is 0.159. The van der Waals surface area contributed by atoms with Crippen LogP contribution in [0, 0.1) is 6.92 Å². The molecule has 0 aromatic heterocycles. The van der Waals surface area contributed by atoms with Gasteiger partial charge in [0.15, 0.2) is 0 Å². The molecule has 0 radical (unpaired) electrons. The molecule has 6 heteroatoms. The van der Waals surface area contributed by atoms with Crippen LogP contribution in [0.2, 0.25) is 0 Å². The van der Waals surface area contributed by atoms with Crippen LogP contribution < -0.4 is 4.72 Å². The maximum Gasteiger partial charge on any atom is 0.261 e. The first-order chi connectivity index (χ1) is 10.9. The highest BCUT2D eigenvalue weighted by Gasteiger charge is 2.13. The van der Waals surface area contributed by atoms with Crippen molar-refractivity contribution in [3.05, 3.63) is 59.7 Å². The van der Waals surface area contributed by atoms with Gasteiger partial charge in [-0.2, -0.15) is 0 Å². The van der Waals surface area contributed by atoms with Crippen LogP contribution in [0.1, 0.15) is 25.0 Å². The minimum atomic E-state index is -3.58. The summed E-state index contributed by atoms with van der Waals surface area (Å²) in [5.74, 6) is 0. The fourth-order valence-electron chi connectivity index (χ4n) is 1.93. The van der Waals surface area contributed by atoms with Gasteiger partial charge in [-0.1, -0.05) is 35.0 Å². The number of hydrogen-bond donors (Lipinski definition) is 1. The Morgan fingerprint density at radius 1 is 1.09 bits per heavy atom. The maximum atomic E-state index is 12.3. The van der Waals surface area contributed by atoms with Crippen molar-refractivity contribution < 1.29 is 13.3 Å². The normalized spacial score (nSPS) is 12.0. The summed E-state index contributed by atoms with van der Waals surface area (Å²) in [6.45, 7) is 6.11. The van der Waals surface area contributed by atoms with E-state index >= 15 is 0 Å². The smallest absolute Gasteiger partial charge is 0.261 e. The highest BCUT2D eigenvalue weighted by molar-refractivity contribution is 7.92. The zero-order valence-electron chi connectivity index (χ0n) is 13.4. The summed E-state index contributed by atoms with van der Waals surface area (Å²) >= 11 is 0. The minimum Gasteiger partial charge on any atom is -0.396 e. The largest absolute Gasteiger partial charge is 0.396 e. The van der Waals surface area contributed by atoms with Gasteiger partial charge in [0, 0.05) is 5.69 Å². The maximum absolute atomic E-state index is 12.3. The molecular formula is C17H20N2O3S. The highest BCUT2D eigenvalue weighted by atomic mass is 32.2. The number of oxime groups is 1. The first-order valence-electron chi connectivity index (χ1n) is 7.29. The number of benzene rings is 2. The van der Waals surface area contributed by atoms with Crippen molar-refractivity contribution >= 4 is 21.4 Å². The number of anilines is 1. The Morgan fingerprint density at radius 2 is 1.70 bits per heavy atom. The van der Waals surface area contributed by atoms with Gasteiger partial charge in [-0.25, -0.2) is 8.42 Å². The molecular weight excluding hydrogens is 312 g/mol. The van der Waals surface area contributed by atoms with E-state index < -0.39 is 10.0 Å². The molecule has 0 atom stereocenters. The van der Waals surface area contributed by atoms with Crippen LogP contribution in [-0.2, 0) is 14.9 Å². The Morgan fingerprint density at radius 3 is 2.26 bits per heavy atom. The van der Waals surface area contributed by atoms with E-state index in [9.17, 15) is 8.42 Å². The van der Waals surface area contributed by atoms with Gasteiger partial charge < -0.3 is 4.84 Å². The third kappa shape index (κ3) is 4.56. The van der Waals surface area contributed by atoms with Gasteiger partial charge >= 0.3 is 0 Å². The average Bonchev–Trinajstić information content (AvgIpc) is 2.53. The Balaban J connectivity index is 2.15. The Hall–Kier alpha value is -2.34. The third-order valence-electron chi connectivity index (χ3n) is 3.22. The molecule has 0 saturated heterocycles. The van der Waals surface area contributed by atoms with Crippen molar-refractivity contribution in [3.63, 3.8) is 0 Å². The van der Waals surface area contributed by atoms with E-state index in [0.29, 0.717) is 12.3 Å². The van der Waals surface area contributed by atoms with Gasteiger partial charge in [0.1, 0.15) is 6.61 Å². The van der Waals surface area contributed by atoms with E-state index in [1.54, 1.807) is 48.5 Å². The van der Waals surface area contributed by atoms with Crippen molar-refractivity contribution in [2.75, 3.05) is 11.3 Å². The van der Waals surface area contributed by atoms with Crippen LogP contribution in [0.15, 0.2) is 58.6 Å². The second-order valence-corrected chi connectivity index (χ2v) is 6.77. The average molecular weight is 332 g/mol. The molecule has 0 amide bonds. The molecule has 2 rings (SSSR count). The zero-order valence-corrected chi connectivity index (χ0v) is 14.2. The molecule has 1 N–H and O–H groups in total. The molecule has 5 nitrogen and oxygen atoms in total. The van der Waals surface area contributed by atoms with E-state index in [-0.39, 0.29) is 4.90 Å². The number of sulfonamides is 1. The lowest BCUT2D eigenvalue weighted by Gasteiger charge is -2.09. The van der Waals surface area contributed by atoms with Crippen molar-refractivity contribution in [1.82, 2.24) is 0 Å². The van der Waals surface area contributed by atoms with Crippen molar-refractivity contribution in [1.29, 1.82) is 0 Å². The lowest BCUT2D eigenvalue weighted by atomic mass is 10.1. The molecule has 0 fully saturated rings. The van der Waals surface area contributed by atoms with Gasteiger partial charge in [0.05, 0.1) is 10.6 Å². The number of nitrogens with one attached hydrogen (secondary N) is 1. The lowest BCUT2D eigenvalue weighted by Crippen LogP contribution is -2.13. The molecule has 0 saturated carbocycles. The fourth-order valence-corrected chi connectivity index (χ4v) is 2.98. The van der Waals surface area contributed by atoms with E-state index in [1.165, 1.54) is 0 Å². The molecule has 0 aliphatic rings. The number of rotatable bonds is 6. The van der Waals surface area contributed by atoms with Gasteiger partial charge in [-0.05, 0) is 50.6 Å². The molecule has 0 aliphatic heterocycles. The monoisotopic (exact) mass is 332 g/mol. The number of aryl methyl sites for hydroxylation is 1. The second kappa shape index (κ2) is 7.28. The molecule has 122 valence electrons. The summed E-state index contributed by atoms with van der Waals surface area (Å²) in [4.78, 5) is 5.24. The minimum absolute atomic E-state index is 0.237. The van der Waals surface area contributed by atoms with E-state index in [2.05, 4.69) is 9.88 Å². The molecule has 0 heterocycles. The molecule has 0 spiro atoms. The number of hydrogen-bond acceptors (Lipinski definition) is 4. The zero-order chi connectivity index (χ0) is 16.9. The number of nitrogens with zero attached hydrogens (tertiary/aromatic N) is 1. The van der Waals surface area contributed by atoms with E-state index in [0.717, 1.165) is 16.8 Å². The van der Waals surface area contributed by atoms with E-state index in [4.69, 9.17) is 4.84 Å². The summed E-state index contributed by atoms with van der Waals surface area (Å²) < 4.78 is 27.2. The van der Waals surface area contributed by atoms with Crippen LogP contribution >= 0.6 is 0 Å². The fraction of sp³-hybridized carbons (Fsp3) is 0.235. The molecule has 0 unspecified atom stereocenters. The first-order valence-corrected chi connectivity index (χ1v) is 8.77. The van der Waals surface area contributed by atoms with Crippen molar-refractivity contribution in [2.45, 2.75) is 25.7 Å². The summed E-state index contributed by atoms with van der Waals surface area (Å²) in [6, 6.07) is 13.7. The Bertz CT molecular complexity index is 780. The van der Waals surface area contributed by atoms with E-state index in [1.807, 2.05) is 20.8 Å². The van der Waals surface area contributed by atoms with Gasteiger partial charge in [0.25, 0.3) is 10.0 Å². The molecule has 0 aliphatic carbocycles. The van der Waals surface area contributed by atoms with Crippen LogP contribution in [0.5, 0.6) is 0 Å². The van der Waals surface area contributed by atoms with Gasteiger partial charge in [-0.15, -0.1) is 0 Å². The van der Waals surface area contributed by atoms with Gasteiger partial charge in [-0.3, -0.25) is 4.72 Å². The highest BCUT2D eigenvalue weighted by Crippen LogP contribution is 2.17. The summed E-state index contributed by atoms with van der Waals surface area (Å²) in [7, 11) is -3.58. The van der Waals surface area contributed by atoms with Crippen LogP contribution in [0.4, 0.5) is 5.69 Å². The Labute approximate surface area is 137 Å². The quantitative estimate of drug-likeness (QED) is 0.649. The van der Waals surface area contributed by atoms with Crippen molar-refractivity contribution in [3.8, 4) is 0 Å². The predicted molar refractivity (Wildman–Crippen MR) is 92.3 cm³/mol. The summed E-state index contributed by atoms with van der Waals surface area (Å²) in [6.07, 6.45) is 0. The topological polar surface area (TPSA) is 67.8 Å². The molecule has 23 heavy (non-hydrogen) atoms. The second-order valence-electron chi connectivity index (χ2n) is 5.09. The molecule has 2 aromatic rings. The molecule has 0 bridgehead atoms. The Kier molecular flexibility index (Phi) is 5.39. The van der Waals surface area contributed by atoms with Crippen molar-refractivity contribution in [2.24, 2.45) is 5.16 Å². The summed E-state index contributed by atoms with van der Waals surface area (Å²) in [5.41, 5.74) is 3.12. The SMILES string of the molecule is CCO/N=C(\C)c1ccc(NS(=O)(=O)c2ccc(C)cc2)cc1. The summed E-state index contributed by atoms with van der Waals surface area (Å²) in [5, 5.41) is 3.95.